The Bertz CT molecular complexity index is 621. The van der Waals surface area contributed by atoms with Gasteiger partial charge in [-0.25, -0.2) is 0 Å². The van der Waals surface area contributed by atoms with Crippen molar-refractivity contribution in [3.05, 3.63) is 59.9 Å². The highest BCUT2D eigenvalue weighted by atomic mass is 127. The summed E-state index contributed by atoms with van der Waals surface area (Å²) in [5, 5.41) is 6.52. The topological polar surface area (TPSA) is 67.8 Å². The second-order valence-electron chi connectivity index (χ2n) is 5.09. The molecule has 0 saturated carbocycles. The van der Waals surface area contributed by atoms with Crippen LogP contribution in [0, 0.1) is 0 Å². The zero-order chi connectivity index (χ0) is 17.0. The highest BCUT2D eigenvalue weighted by Gasteiger charge is 2.00. The number of benzene rings is 1. The Kier molecular flexibility index (Phi) is 10.6. The average Bonchev–Trinajstić information content (AvgIpc) is 2.64. The van der Waals surface area contributed by atoms with E-state index in [0.717, 1.165) is 23.0 Å². The molecule has 1 aromatic carbocycles. The lowest BCUT2D eigenvalue weighted by molar-refractivity contribution is 0.146. The van der Waals surface area contributed by atoms with Crippen molar-refractivity contribution in [1.82, 2.24) is 15.6 Å². The number of hydrogen-bond donors (Lipinski definition) is 2. The van der Waals surface area contributed by atoms with Crippen molar-refractivity contribution < 1.29 is 9.47 Å². The SMILES string of the molecule is CN=C(NCc1ccc(OCCOC)cc1)NCc1ccccn1.I. The molecule has 1 heterocycles. The normalized spacial score (nSPS) is 10.7. The molecule has 0 fully saturated rings. The number of nitrogens with one attached hydrogen (secondary N) is 2. The Labute approximate surface area is 166 Å². The van der Waals surface area contributed by atoms with Crippen LogP contribution in [0.3, 0.4) is 0 Å². The number of guanidine groups is 1. The maximum Gasteiger partial charge on any atom is 0.191 e. The summed E-state index contributed by atoms with van der Waals surface area (Å²) in [6.07, 6.45) is 1.78. The molecule has 0 aliphatic rings. The van der Waals surface area contributed by atoms with E-state index in [2.05, 4.69) is 20.6 Å². The molecule has 6 nitrogen and oxygen atoms in total. The summed E-state index contributed by atoms with van der Waals surface area (Å²) in [5.74, 6) is 1.58. The van der Waals surface area contributed by atoms with Crippen molar-refractivity contribution >= 4 is 29.9 Å². The molecular weight excluding hydrogens is 431 g/mol. The monoisotopic (exact) mass is 456 g/mol. The van der Waals surface area contributed by atoms with Crippen molar-refractivity contribution in [2.75, 3.05) is 27.4 Å². The van der Waals surface area contributed by atoms with Gasteiger partial charge in [-0.1, -0.05) is 18.2 Å². The molecule has 7 heteroatoms. The lowest BCUT2D eigenvalue weighted by Crippen LogP contribution is -2.36. The zero-order valence-corrected chi connectivity index (χ0v) is 16.9. The number of nitrogens with zero attached hydrogens (tertiary/aromatic N) is 2. The Morgan fingerprint density at radius 2 is 1.80 bits per heavy atom. The van der Waals surface area contributed by atoms with Crippen molar-refractivity contribution in [2.24, 2.45) is 4.99 Å². The van der Waals surface area contributed by atoms with Crippen LogP contribution in [-0.4, -0.2) is 38.3 Å². The lowest BCUT2D eigenvalue weighted by Gasteiger charge is -2.12. The summed E-state index contributed by atoms with van der Waals surface area (Å²) < 4.78 is 10.5. The minimum Gasteiger partial charge on any atom is -0.491 e. The Morgan fingerprint density at radius 3 is 2.44 bits per heavy atom. The molecule has 0 bridgehead atoms. The molecule has 2 aromatic rings. The van der Waals surface area contributed by atoms with Gasteiger partial charge in [-0.05, 0) is 29.8 Å². The molecule has 0 amide bonds. The van der Waals surface area contributed by atoms with Crippen LogP contribution in [0.25, 0.3) is 0 Å². The molecule has 0 radical (unpaired) electrons. The first-order valence-electron chi connectivity index (χ1n) is 7.87. The molecule has 2 N–H and O–H groups in total. The molecule has 0 aliphatic carbocycles. The van der Waals surface area contributed by atoms with Crippen molar-refractivity contribution in [3.63, 3.8) is 0 Å². The van der Waals surface area contributed by atoms with Crippen LogP contribution in [0.4, 0.5) is 0 Å². The predicted octanol–water partition coefficient (Wildman–Crippen LogP) is 2.59. The van der Waals surface area contributed by atoms with Crippen LogP contribution in [0.2, 0.25) is 0 Å². The van der Waals surface area contributed by atoms with Crippen LogP contribution in [0.5, 0.6) is 5.75 Å². The summed E-state index contributed by atoms with van der Waals surface area (Å²) in [5.41, 5.74) is 2.12. The van der Waals surface area contributed by atoms with Crippen LogP contribution < -0.4 is 15.4 Å². The van der Waals surface area contributed by atoms with Crippen LogP contribution >= 0.6 is 24.0 Å². The summed E-state index contributed by atoms with van der Waals surface area (Å²) in [4.78, 5) is 8.49. The van der Waals surface area contributed by atoms with Gasteiger partial charge in [0.2, 0.25) is 0 Å². The van der Waals surface area contributed by atoms with E-state index in [1.54, 1.807) is 20.4 Å². The van der Waals surface area contributed by atoms with E-state index in [9.17, 15) is 0 Å². The van der Waals surface area contributed by atoms with E-state index in [1.165, 1.54) is 0 Å². The van der Waals surface area contributed by atoms with Gasteiger partial charge in [0, 0.05) is 26.9 Å². The minimum absolute atomic E-state index is 0. The summed E-state index contributed by atoms with van der Waals surface area (Å²) in [6, 6.07) is 13.8. The highest BCUT2D eigenvalue weighted by molar-refractivity contribution is 14.0. The predicted molar refractivity (Wildman–Crippen MR) is 111 cm³/mol. The molecular formula is C18H25IN4O2. The van der Waals surface area contributed by atoms with Gasteiger partial charge in [-0.15, -0.1) is 24.0 Å². The minimum atomic E-state index is 0. The van der Waals surface area contributed by atoms with E-state index in [4.69, 9.17) is 9.47 Å². The molecule has 0 unspecified atom stereocenters. The molecule has 1 aromatic heterocycles. The fourth-order valence-electron chi connectivity index (χ4n) is 2.03. The molecule has 2 rings (SSSR count). The molecule has 0 aliphatic heterocycles. The van der Waals surface area contributed by atoms with Crippen molar-refractivity contribution in [2.45, 2.75) is 13.1 Å². The standard InChI is InChI=1S/C18H24N4O2.HI/c1-19-18(22-14-16-5-3-4-10-20-16)21-13-15-6-8-17(9-7-15)24-12-11-23-2;/h3-10H,11-14H2,1-2H3,(H2,19,21,22);1H. The maximum atomic E-state index is 5.55. The molecule has 0 atom stereocenters. The van der Waals surface area contributed by atoms with Gasteiger partial charge in [0.15, 0.2) is 5.96 Å². The maximum absolute atomic E-state index is 5.55. The number of methoxy groups -OCH3 is 1. The van der Waals surface area contributed by atoms with Crippen LogP contribution in [0.1, 0.15) is 11.3 Å². The van der Waals surface area contributed by atoms with Crippen molar-refractivity contribution in [3.8, 4) is 5.75 Å². The number of pyridine rings is 1. The third kappa shape index (κ3) is 8.17. The molecule has 0 spiro atoms. The first kappa shape index (κ1) is 21.2. The van der Waals surface area contributed by atoms with E-state index in [0.29, 0.717) is 26.3 Å². The van der Waals surface area contributed by atoms with Crippen LogP contribution in [-0.2, 0) is 17.8 Å². The number of rotatable bonds is 8. The van der Waals surface area contributed by atoms with Gasteiger partial charge >= 0.3 is 0 Å². The number of aliphatic imine (C=N–C) groups is 1. The van der Waals surface area contributed by atoms with Gasteiger partial charge in [0.25, 0.3) is 0 Å². The third-order valence-electron chi connectivity index (χ3n) is 3.33. The number of halogens is 1. The van der Waals surface area contributed by atoms with Gasteiger partial charge in [-0.3, -0.25) is 9.98 Å². The molecule has 0 saturated heterocycles. The van der Waals surface area contributed by atoms with E-state index in [1.807, 2.05) is 42.5 Å². The summed E-state index contributed by atoms with van der Waals surface area (Å²) in [7, 11) is 3.41. The van der Waals surface area contributed by atoms with Gasteiger partial charge in [0.05, 0.1) is 18.8 Å². The fourth-order valence-corrected chi connectivity index (χ4v) is 2.03. The van der Waals surface area contributed by atoms with Crippen molar-refractivity contribution in [1.29, 1.82) is 0 Å². The van der Waals surface area contributed by atoms with Gasteiger partial charge in [-0.2, -0.15) is 0 Å². The molecule has 25 heavy (non-hydrogen) atoms. The number of aromatic nitrogens is 1. The third-order valence-corrected chi connectivity index (χ3v) is 3.33. The quantitative estimate of drug-likeness (QED) is 0.277. The highest BCUT2D eigenvalue weighted by Crippen LogP contribution is 2.11. The zero-order valence-electron chi connectivity index (χ0n) is 14.6. The van der Waals surface area contributed by atoms with E-state index in [-0.39, 0.29) is 24.0 Å². The Morgan fingerprint density at radius 1 is 1.04 bits per heavy atom. The van der Waals surface area contributed by atoms with Gasteiger partial charge < -0.3 is 20.1 Å². The lowest BCUT2D eigenvalue weighted by atomic mass is 10.2. The second kappa shape index (κ2) is 12.5. The smallest absolute Gasteiger partial charge is 0.191 e. The number of hydrogen-bond acceptors (Lipinski definition) is 4. The van der Waals surface area contributed by atoms with Crippen LogP contribution in [0.15, 0.2) is 53.7 Å². The molecule has 136 valence electrons. The largest absolute Gasteiger partial charge is 0.491 e. The first-order chi connectivity index (χ1) is 11.8. The fraction of sp³-hybridized carbons (Fsp3) is 0.333. The summed E-state index contributed by atoms with van der Waals surface area (Å²) >= 11 is 0. The summed E-state index contributed by atoms with van der Waals surface area (Å²) in [6.45, 7) is 2.45. The number of ether oxygens (including phenoxy) is 2. The Hall–Kier alpha value is -1.87. The van der Waals surface area contributed by atoms with E-state index < -0.39 is 0 Å². The second-order valence-corrected chi connectivity index (χ2v) is 5.09. The van der Waals surface area contributed by atoms with Gasteiger partial charge in [0.1, 0.15) is 12.4 Å². The Balaban J connectivity index is 0.00000312. The first-order valence-corrected chi connectivity index (χ1v) is 7.87. The average molecular weight is 456 g/mol. The van der Waals surface area contributed by atoms with E-state index >= 15 is 0 Å².